The molecule has 0 spiro atoms. The van der Waals surface area contributed by atoms with Crippen LogP contribution in [0.1, 0.15) is 25.8 Å². The number of benzene rings is 1. The van der Waals surface area contributed by atoms with Crippen molar-refractivity contribution in [2.45, 2.75) is 26.8 Å². The average Bonchev–Trinajstić information content (AvgIpc) is 3.15. The number of hydrogen-bond acceptors (Lipinski definition) is 2. The van der Waals surface area contributed by atoms with Crippen molar-refractivity contribution >= 4 is 11.9 Å². The summed E-state index contributed by atoms with van der Waals surface area (Å²) >= 11 is 0. The molecule has 0 aromatic heterocycles. The van der Waals surface area contributed by atoms with Gasteiger partial charge in [-0.05, 0) is 17.9 Å². The Morgan fingerprint density at radius 2 is 1.95 bits per heavy atom. The third kappa shape index (κ3) is 3.59. The van der Waals surface area contributed by atoms with E-state index < -0.39 is 11.9 Å². The second-order valence-corrected chi connectivity index (χ2v) is 5.76. The maximum atomic E-state index is 12.4. The summed E-state index contributed by atoms with van der Waals surface area (Å²) in [6.07, 6.45) is 0.922. The van der Waals surface area contributed by atoms with Gasteiger partial charge in [0.2, 0.25) is 5.91 Å². The van der Waals surface area contributed by atoms with Crippen molar-refractivity contribution in [3.63, 3.8) is 0 Å². The first-order chi connectivity index (χ1) is 9.49. The zero-order chi connectivity index (χ0) is 14.7. The van der Waals surface area contributed by atoms with Gasteiger partial charge in [0, 0.05) is 19.0 Å². The fourth-order valence-corrected chi connectivity index (χ4v) is 2.35. The van der Waals surface area contributed by atoms with Crippen molar-refractivity contribution in [2.75, 3.05) is 6.54 Å². The van der Waals surface area contributed by atoms with Crippen LogP contribution in [-0.4, -0.2) is 28.4 Å². The molecule has 20 heavy (non-hydrogen) atoms. The molecule has 1 saturated carbocycles. The number of carbonyl (C=O) groups is 2. The van der Waals surface area contributed by atoms with E-state index in [2.05, 4.69) is 6.92 Å². The third-order valence-electron chi connectivity index (χ3n) is 3.87. The van der Waals surface area contributed by atoms with Crippen LogP contribution in [0.2, 0.25) is 0 Å². The molecule has 108 valence electrons. The molecule has 0 aliphatic heterocycles. The Morgan fingerprint density at radius 1 is 1.35 bits per heavy atom. The highest BCUT2D eigenvalue weighted by atomic mass is 16.4. The van der Waals surface area contributed by atoms with E-state index in [0.717, 1.165) is 12.0 Å². The highest BCUT2D eigenvalue weighted by Crippen LogP contribution is 2.39. The van der Waals surface area contributed by atoms with Gasteiger partial charge in [0.1, 0.15) is 0 Å². The minimum Gasteiger partial charge on any atom is -0.481 e. The van der Waals surface area contributed by atoms with Crippen LogP contribution in [0.3, 0.4) is 0 Å². The summed E-state index contributed by atoms with van der Waals surface area (Å²) in [7, 11) is 0. The lowest BCUT2D eigenvalue weighted by Crippen LogP contribution is -2.37. The molecule has 1 aliphatic rings. The van der Waals surface area contributed by atoms with Crippen LogP contribution in [-0.2, 0) is 16.1 Å². The summed E-state index contributed by atoms with van der Waals surface area (Å²) in [5, 5.41) is 9.05. The molecule has 0 unspecified atom stereocenters. The van der Waals surface area contributed by atoms with Gasteiger partial charge in [-0.1, -0.05) is 44.2 Å². The number of carboxylic acid groups (broad SMARTS) is 1. The summed E-state index contributed by atoms with van der Waals surface area (Å²) in [5.74, 6) is -0.800. The van der Waals surface area contributed by atoms with Crippen molar-refractivity contribution in [3.8, 4) is 0 Å². The van der Waals surface area contributed by atoms with E-state index in [-0.39, 0.29) is 18.4 Å². The lowest BCUT2D eigenvalue weighted by molar-refractivity contribution is -0.143. The quantitative estimate of drug-likeness (QED) is 0.867. The molecule has 0 bridgehead atoms. The Labute approximate surface area is 119 Å². The molecule has 1 aliphatic carbocycles. The highest BCUT2D eigenvalue weighted by molar-refractivity contribution is 5.82. The number of carbonyl (C=O) groups excluding carboxylic acids is 1. The van der Waals surface area contributed by atoms with Crippen LogP contribution in [0.15, 0.2) is 30.3 Å². The molecule has 0 saturated heterocycles. The molecule has 0 heterocycles. The summed E-state index contributed by atoms with van der Waals surface area (Å²) in [5.41, 5.74) is 1.03. The molecule has 1 amide bonds. The SMILES string of the molecule is C[C@H](CN(Cc1ccccc1)C(=O)[C@@H]1C[C@@H]1C)C(=O)O. The van der Waals surface area contributed by atoms with Gasteiger partial charge in [-0.2, -0.15) is 0 Å². The Balaban J connectivity index is 2.07. The van der Waals surface area contributed by atoms with Crippen molar-refractivity contribution < 1.29 is 14.7 Å². The van der Waals surface area contributed by atoms with E-state index in [9.17, 15) is 9.59 Å². The predicted molar refractivity (Wildman–Crippen MR) is 75.9 cm³/mol. The van der Waals surface area contributed by atoms with Gasteiger partial charge in [0.15, 0.2) is 0 Å². The Bertz CT molecular complexity index is 486. The van der Waals surface area contributed by atoms with Crippen LogP contribution in [0.4, 0.5) is 0 Å². The Morgan fingerprint density at radius 3 is 2.45 bits per heavy atom. The summed E-state index contributed by atoms with van der Waals surface area (Å²) in [4.78, 5) is 25.1. The monoisotopic (exact) mass is 275 g/mol. The van der Waals surface area contributed by atoms with E-state index in [1.54, 1.807) is 11.8 Å². The molecule has 1 aromatic rings. The van der Waals surface area contributed by atoms with E-state index in [0.29, 0.717) is 12.5 Å². The molecule has 4 nitrogen and oxygen atoms in total. The number of aliphatic carboxylic acids is 1. The number of carboxylic acids is 1. The highest BCUT2D eigenvalue weighted by Gasteiger charge is 2.41. The van der Waals surface area contributed by atoms with Crippen LogP contribution in [0.5, 0.6) is 0 Å². The Hall–Kier alpha value is -1.84. The van der Waals surface area contributed by atoms with Gasteiger partial charge in [-0.25, -0.2) is 0 Å². The minimum absolute atomic E-state index is 0.0831. The number of amides is 1. The lowest BCUT2D eigenvalue weighted by atomic mass is 10.1. The maximum absolute atomic E-state index is 12.4. The van der Waals surface area contributed by atoms with Crippen LogP contribution < -0.4 is 0 Å². The minimum atomic E-state index is -0.861. The molecular formula is C16H21NO3. The normalized spacial score (nSPS) is 22.1. The standard InChI is InChI=1S/C16H21NO3/c1-11-8-14(11)15(18)17(9-12(2)16(19)20)10-13-6-4-3-5-7-13/h3-7,11-12,14H,8-10H2,1-2H3,(H,19,20)/t11-,12+,14+/m0/s1. The van der Waals surface area contributed by atoms with Gasteiger partial charge in [-0.15, -0.1) is 0 Å². The topological polar surface area (TPSA) is 57.6 Å². The summed E-state index contributed by atoms with van der Waals surface area (Å²) in [6.45, 7) is 4.46. The summed E-state index contributed by atoms with van der Waals surface area (Å²) < 4.78 is 0. The first-order valence-electron chi connectivity index (χ1n) is 7.04. The molecule has 4 heteroatoms. The van der Waals surface area contributed by atoms with E-state index in [1.165, 1.54) is 0 Å². The first-order valence-corrected chi connectivity index (χ1v) is 7.04. The maximum Gasteiger partial charge on any atom is 0.308 e. The molecule has 0 radical (unpaired) electrons. The largest absolute Gasteiger partial charge is 0.481 e. The zero-order valence-corrected chi connectivity index (χ0v) is 12.0. The molecule has 1 N–H and O–H groups in total. The Kier molecular flexibility index (Phi) is 4.42. The number of hydrogen-bond donors (Lipinski definition) is 1. The van der Waals surface area contributed by atoms with Gasteiger partial charge < -0.3 is 10.0 Å². The molecular weight excluding hydrogens is 254 g/mol. The second kappa shape index (κ2) is 6.07. The van der Waals surface area contributed by atoms with Gasteiger partial charge in [-0.3, -0.25) is 9.59 Å². The van der Waals surface area contributed by atoms with Crippen molar-refractivity contribution in [1.82, 2.24) is 4.90 Å². The summed E-state index contributed by atoms with van der Waals surface area (Å²) in [6, 6.07) is 9.71. The van der Waals surface area contributed by atoms with Gasteiger partial charge in [0.05, 0.1) is 5.92 Å². The van der Waals surface area contributed by atoms with Crippen molar-refractivity contribution in [3.05, 3.63) is 35.9 Å². The first kappa shape index (κ1) is 14.6. The van der Waals surface area contributed by atoms with E-state index >= 15 is 0 Å². The van der Waals surface area contributed by atoms with Crippen LogP contribution in [0.25, 0.3) is 0 Å². The predicted octanol–water partition coefficient (Wildman–Crippen LogP) is 2.39. The smallest absolute Gasteiger partial charge is 0.308 e. The van der Waals surface area contributed by atoms with Crippen molar-refractivity contribution in [2.24, 2.45) is 17.8 Å². The van der Waals surface area contributed by atoms with Crippen LogP contribution in [0, 0.1) is 17.8 Å². The average molecular weight is 275 g/mol. The fourth-order valence-electron chi connectivity index (χ4n) is 2.35. The third-order valence-corrected chi connectivity index (χ3v) is 3.87. The second-order valence-electron chi connectivity index (χ2n) is 5.76. The molecule has 3 atom stereocenters. The lowest BCUT2D eigenvalue weighted by Gasteiger charge is -2.25. The number of nitrogens with zero attached hydrogens (tertiary/aromatic N) is 1. The van der Waals surface area contributed by atoms with Crippen molar-refractivity contribution in [1.29, 1.82) is 0 Å². The molecule has 2 rings (SSSR count). The molecule has 1 fully saturated rings. The molecule has 1 aromatic carbocycles. The van der Waals surface area contributed by atoms with Gasteiger partial charge in [0.25, 0.3) is 0 Å². The van der Waals surface area contributed by atoms with E-state index in [1.807, 2.05) is 30.3 Å². The fraction of sp³-hybridized carbons (Fsp3) is 0.500. The van der Waals surface area contributed by atoms with E-state index in [4.69, 9.17) is 5.11 Å². The number of rotatable bonds is 6. The van der Waals surface area contributed by atoms with Crippen LogP contribution >= 0.6 is 0 Å². The van der Waals surface area contributed by atoms with Gasteiger partial charge >= 0.3 is 5.97 Å². The zero-order valence-electron chi connectivity index (χ0n) is 12.0.